The lowest BCUT2D eigenvalue weighted by Crippen LogP contribution is -2.47. The van der Waals surface area contributed by atoms with Crippen LogP contribution >= 0.6 is 12.4 Å². The van der Waals surface area contributed by atoms with Gasteiger partial charge in [0.25, 0.3) is 0 Å². The van der Waals surface area contributed by atoms with Gasteiger partial charge in [0, 0.05) is 25.7 Å². The third-order valence-electron chi connectivity index (χ3n) is 3.71. The molecule has 0 radical (unpaired) electrons. The van der Waals surface area contributed by atoms with Gasteiger partial charge in [-0.05, 0) is 12.8 Å². The molecule has 2 fully saturated rings. The Balaban J connectivity index is 0.00000242. The molecule has 22 heavy (non-hydrogen) atoms. The maximum atomic E-state index is 12.2. The van der Waals surface area contributed by atoms with Gasteiger partial charge in [-0.15, -0.1) is 19.0 Å². The van der Waals surface area contributed by atoms with Gasteiger partial charge in [-0.3, -0.25) is 19.3 Å². The molecule has 0 aromatic carbocycles. The second-order valence-electron chi connectivity index (χ2n) is 5.00. The Labute approximate surface area is 134 Å². The summed E-state index contributed by atoms with van der Waals surface area (Å²) < 4.78 is 0. The van der Waals surface area contributed by atoms with Crippen molar-refractivity contribution in [1.29, 1.82) is 0 Å². The van der Waals surface area contributed by atoms with E-state index in [1.165, 1.54) is 6.08 Å². The summed E-state index contributed by atoms with van der Waals surface area (Å²) >= 11 is 0. The molecule has 1 unspecified atom stereocenters. The summed E-state index contributed by atoms with van der Waals surface area (Å²) in [4.78, 5) is 50.7. The standard InChI is InChI=1S/C13H18N4O4.ClH/c1-2-5-16-11(19)12(20)17(13(16)21)8-10(18)15-6-3-4-9(15)7-14;/h2,9H,1,3-8,14H2;1H. The number of hydrogen-bond donors (Lipinski definition) is 1. The van der Waals surface area contributed by atoms with E-state index >= 15 is 0 Å². The van der Waals surface area contributed by atoms with E-state index < -0.39 is 24.4 Å². The van der Waals surface area contributed by atoms with Crippen LogP contribution in [0.15, 0.2) is 12.7 Å². The predicted octanol–water partition coefficient (Wildman–Crippen LogP) is -0.665. The lowest BCUT2D eigenvalue weighted by atomic mass is 10.2. The molecule has 2 aliphatic heterocycles. The SMILES string of the molecule is C=CCN1C(=O)C(=O)N(CC(=O)N2CCCC2CN)C1=O.Cl. The van der Waals surface area contributed by atoms with E-state index in [9.17, 15) is 19.2 Å². The molecule has 8 nitrogen and oxygen atoms in total. The molecule has 2 saturated heterocycles. The van der Waals surface area contributed by atoms with Crippen LogP contribution in [0.5, 0.6) is 0 Å². The highest BCUT2D eigenvalue weighted by Crippen LogP contribution is 2.18. The van der Waals surface area contributed by atoms with E-state index in [1.54, 1.807) is 4.90 Å². The number of carbonyl (C=O) groups is 4. The predicted molar refractivity (Wildman–Crippen MR) is 80.1 cm³/mol. The summed E-state index contributed by atoms with van der Waals surface area (Å²) in [7, 11) is 0. The zero-order valence-corrected chi connectivity index (χ0v) is 12.9. The first kappa shape index (κ1) is 18.1. The summed E-state index contributed by atoms with van der Waals surface area (Å²) in [5.41, 5.74) is 5.59. The maximum absolute atomic E-state index is 12.2. The molecule has 0 saturated carbocycles. The minimum atomic E-state index is -0.973. The number of carbonyl (C=O) groups excluding carboxylic acids is 4. The van der Waals surface area contributed by atoms with Crippen LogP contribution in [0.4, 0.5) is 4.79 Å². The summed E-state index contributed by atoms with van der Waals surface area (Å²) in [6.45, 7) is 3.85. The maximum Gasteiger partial charge on any atom is 0.335 e. The molecule has 2 heterocycles. The number of nitrogens with two attached hydrogens (primary N) is 1. The van der Waals surface area contributed by atoms with E-state index in [0.29, 0.717) is 18.0 Å². The summed E-state index contributed by atoms with van der Waals surface area (Å²) in [5, 5.41) is 0. The summed E-state index contributed by atoms with van der Waals surface area (Å²) in [5.74, 6) is -2.26. The van der Waals surface area contributed by atoms with Gasteiger partial charge < -0.3 is 10.6 Å². The lowest BCUT2D eigenvalue weighted by molar-refractivity contribution is -0.144. The van der Waals surface area contributed by atoms with Crippen molar-refractivity contribution in [3.8, 4) is 0 Å². The second-order valence-corrected chi connectivity index (χ2v) is 5.00. The van der Waals surface area contributed by atoms with E-state index in [2.05, 4.69) is 6.58 Å². The number of hydrogen-bond acceptors (Lipinski definition) is 5. The highest BCUT2D eigenvalue weighted by molar-refractivity contribution is 6.45. The summed E-state index contributed by atoms with van der Waals surface area (Å²) in [6.07, 6.45) is 3.00. The number of rotatable bonds is 5. The van der Waals surface area contributed by atoms with Gasteiger partial charge >= 0.3 is 17.8 Å². The van der Waals surface area contributed by atoms with Gasteiger partial charge in [0.15, 0.2) is 0 Å². The molecular weight excluding hydrogens is 312 g/mol. The molecule has 0 bridgehead atoms. The van der Waals surface area contributed by atoms with Gasteiger partial charge in [0.2, 0.25) is 5.91 Å². The Kier molecular flexibility index (Phi) is 6.07. The molecule has 0 aliphatic carbocycles. The van der Waals surface area contributed by atoms with Gasteiger partial charge in [-0.2, -0.15) is 0 Å². The van der Waals surface area contributed by atoms with Crippen molar-refractivity contribution in [1.82, 2.24) is 14.7 Å². The van der Waals surface area contributed by atoms with Gasteiger partial charge in [0.05, 0.1) is 0 Å². The average Bonchev–Trinajstić information content (AvgIpc) is 3.02. The number of imide groups is 2. The fraction of sp³-hybridized carbons (Fsp3) is 0.538. The van der Waals surface area contributed by atoms with E-state index in [4.69, 9.17) is 5.73 Å². The van der Waals surface area contributed by atoms with Crippen molar-refractivity contribution in [2.75, 3.05) is 26.2 Å². The van der Waals surface area contributed by atoms with Crippen LogP contribution in [0, 0.1) is 0 Å². The fourth-order valence-corrected chi connectivity index (χ4v) is 2.62. The van der Waals surface area contributed by atoms with E-state index in [1.807, 2.05) is 0 Å². The molecule has 2 N–H and O–H groups in total. The fourth-order valence-electron chi connectivity index (χ4n) is 2.62. The molecule has 5 amide bonds. The number of amides is 5. The van der Waals surface area contributed by atoms with Crippen LogP contribution in [0.2, 0.25) is 0 Å². The van der Waals surface area contributed by atoms with Crippen molar-refractivity contribution in [3.05, 3.63) is 12.7 Å². The molecule has 122 valence electrons. The van der Waals surface area contributed by atoms with Crippen molar-refractivity contribution < 1.29 is 19.2 Å². The molecule has 0 aromatic rings. The Hall–Kier alpha value is -1.93. The van der Waals surface area contributed by atoms with Crippen molar-refractivity contribution in [2.45, 2.75) is 18.9 Å². The first-order chi connectivity index (χ1) is 10.0. The number of urea groups is 1. The topological polar surface area (TPSA) is 104 Å². The minimum absolute atomic E-state index is 0. The third kappa shape index (κ3) is 3.12. The largest absolute Gasteiger partial charge is 0.337 e. The van der Waals surface area contributed by atoms with Crippen LogP contribution < -0.4 is 5.73 Å². The van der Waals surface area contributed by atoms with Gasteiger partial charge in [-0.1, -0.05) is 6.08 Å². The quantitative estimate of drug-likeness (QED) is 0.409. The smallest absolute Gasteiger partial charge is 0.335 e. The molecule has 2 aliphatic rings. The minimum Gasteiger partial charge on any atom is -0.337 e. The molecule has 1 atom stereocenters. The number of halogens is 1. The van der Waals surface area contributed by atoms with Crippen LogP contribution in [-0.2, 0) is 14.4 Å². The highest BCUT2D eigenvalue weighted by Gasteiger charge is 2.45. The Morgan fingerprint density at radius 3 is 2.50 bits per heavy atom. The van der Waals surface area contributed by atoms with E-state index in [-0.39, 0.29) is 30.9 Å². The molecule has 9 heteroatoms. The van der Waals surface area contributed by atoms with Crippen molar-refractivity contribution in [3.63, 3.8) is 0 Å². The van der Waals surface area contributed by atoms with Crippen molar-refractivity contribution in [2.24, 2.45) is 5.73 Å². The molecule has 0 spiro atoms. The van der Waals surface area contributed by atoms with Crippen molar-refractivity contribution >= 4 is 36.2 Å². The first-order valence-electron chi connectivity index (χ1n) is 6.79. The normalized spacial score (nSPS) is 21.4. The lowest BCUT2D eigenvalue weighted by Gasteiger charge is -2.25. The number of nitrogens with zero attached hydrogens (tertiary/aromatic N) is 3. The first-order valence-corrected chi connectivity index (χ1v) is 6.79. The second kappa shape index (κ2) is 7.37. The average molecular weight is 331 g/mol. The Morgan fingerprint density at radius 1 is 1.27 bits per heavy atom. The Morgan fingerprint density at radius 2 is 1.91 bits per heavy atom. The number of likely N-dealkylation sites (tertiary alicyclic amines) is 1. The molecular formula is C13H19ClN4O4. The van der Waals surface area contributed by atoms with Crippen LogP contribution in [0.3, 0.4) is 0 Å². The van der Waals surface area contributed by atoms with Gasteiger partial charge in [-0.25, -0.2) is 9.69 Å². The van der Waals surface area contributed by atoms with E-state index in [0.717, 1.165) is 17.7 Å². The molecule has 0 aromatic heterocycles. The zero-order chi connectivity index (χ0) is 15.6. The zero-order valence-electron chi connectivity index (χ0n) is 12.1. The highest BCUT2D eigenvalue weighted by atomic mass is 35.5. The van der Waals surface area contributed by atoms with Gasteiger partial charge in [0.1, 0.15) is 6.54 Å². The van der Waals surface area contributed by atoms with Crippen LogP contribution in [0.25, 0.3) is 0 Å². The monoisotopic (exact) mass is 330 g/mol. The Bertz CT molecular complexity index is 510. The third-order valence-corrected chi connectivity index (χ3v) is 3.71. The van der Waals surface area contributed by atoms with Crippen LogP contribution in [-0.4, -0.2) is 70.7 Å². The van der Waals surface area contributed by atoms with Crippen LogP contribution in [0.1, 0.15) is 12.8 Å². The molecule has 2 rings (SSSR count). The summed E-state index contributed by atoms with van der Waals surface area (Å²) in [6, 6.07) is -0.841.